The smallest absolute Gasteiger partial charge is 0.241 e. The van der Waals surface area contributed by atoms with Crippen LogP contribution >= 0.6 is 0 Å². The van der Waals surface area contributed by atoms with Gasteiger partial charge in [-0.2, -0.15) is 0 Å². The Morgan fingerprint density at radius 3 is 2.75 bits per heavy atom. The molecule has 1 aromatic heterocycles. The monoisotopic (exact) mass is 342 g/mol. The number of sulfonamides is 1. The number of aromatic nitrogens is 1. The van der Waals surface area contributed by atoms with Crippen molar-refractivity contribution >= 4 is 20.9 Å². The molecule has 122 valence electrons. The van der Waals surface area contributed by atoms with E-state index in [2.05, 4.69) is 9.71 Å². The van der Waals surface area contributed by atoms with E-state index in [0.29, 0.717) is 17.2 Å². The molecule has 24 heavy (non-hydrogen) atoms. The number of rotatable bonds is 4. The maximum atomic E-state index is 12.4. The van der Waals surface area contributed by atoms with Crippen LogP contribution in [0.5, 0.6) is 11.5 Å². The summed E-state index contributed by atoms with van der Waals surface area (Å²) in [5, 5.41) is 1.01. The fraction of sp³-hybridized carbons (Fsp3) is 0.118. The van der Waals surface area contributed by atoms with Crippen LogP contribution in [0.4, 0.5) is 0 Å². The van der Waals surface area contributed by atoms with Gasteiger partial charge >= 0.3 is 0 Å². The molecule has 7 heteroatoms. The standard InChI is InChI=1S/C17H14N2O4S/c20-24(21,14-7-8-16-17(9-14)23-11-22-16)18-10-13-6-5-12-3-1-2-4-15(12)19-13/h1-9,18H,10-11H2. The first-order valence-corrected chi connectivity index (χ1v) is 8.84. The molecule has 0 unspecified atom stereocenters. The Morgan fingerprint density at radius 1 is 1.00 bits per heavy atom. The van der Waals surface area contributed by atoms with Gasteiger partial charge in [0.15, 0.2) is 11.5 Å². The van der Waals surface area contributed by atoms with Crippen LogP contribution in [0.25, 0.3) is 10.9 Å². The lowest BCUT2D eigenvalue weighted by Gasteiger charge is -2.08. The molecule has 6 nitrogen and oxygen atoms in total. The highest BCUT2D eigenvalue weighted by Gasteiger charge is 2.20. The lowest BCUT2D eigenvalue weighted by atomic mass is 10.2. The zero-order valence-corrected chi connectivity index (χ0v) is 13.4. The van der Waals surface area contributed by atoms with Crippen molar-refractivity contribution in [3.8, 4) is 11.5 Å². The number of para-hydroxylation sites is 1. The molecular weight excluding hydrogens is 328 g/mol. The van der Waals surface area contributed by atoms with Crippen molar-refractivity contribution in [2.24, 2.45) is 0 Å². The summed E-state index contributed by atoms with van der Waals surface area (Å²) >= 11 is 0. The fourth-order valence-electron chi connectivity index (χ4n) is 2.50. The molecule has 0 radical (unpaired) electrons. The van der Waals surface area contributed by atoms with Crippen molar-refractivity contribution in [3.63, 3.8) is 0 Å². The molecule has 0 bridgehead atoms. The second kappa shape index (κ2) is 5.77. The molecule has 0 amide bonds. The number of ether oxygens (including phenoxy) is 2. The second-order valence-corrected chi connectivity index (χ2v) is 7.10. The summed E-state index contributed by atoms with van der Waals surface area (Å²) < 4.78 is 37.8. The molecule has 4 rings (SSSR count). The highest BCUT2D eigenvalue weighted by atomic mass is 32.2. The molecular formula is C17H14N2O4S. The fourth-order valence-corrected chi connectivity index (χ4v) is 3.52. The van der Waals surface area contributed by atoms with Gasteiger partial charge in [-0.15, -0.1) is 0 Å². The number of benzene rings is 2. The van der Waals surface area contributed by atoms with E-state index in [-0.39, 0.29) is 18.2 Å². The normalized spacial score (nSPS) is 13.3. The third-order valence-electron chi connectivity index (χ3n) is 3.75. The number of hydrogen-bond acceptors (Lipinski definition) is 5. The molecule has 2 heterocycles. The van der Waals surface area contributed by atoms with E-state index in [1.165, 1.54) is 12.1 Å². The molecule has 0 fully saturated rings. The van der Waals surface area contributed by atoms with Gasteiger partial charge in [-0.25, -0.2) is 13.1 Å². The molecule has 0 saturated heterocycles. The Kier molecular flexibility index (Phi) is 3.59. The summed E-state index contributed by atoms with van der Waals surface area (Å²) in [6, 6.07) is 16.0. The van der Waals surface area contributed by atoms with E-state index < -0.39 is 10.0 Å². The van der Waals surface area contributed by atoms with Crippen LogP contribution in [0.3, 0.4) is 0 Å². The van der Waals surface area contributed by atoms with Crippen LogP contribution in [-0.4, -0.2) is 20.2 Å². The van der Waals surface area contributed by atoms with Gasteiger partial charge in [0.25, 0.3) is 0 Å². The second-order valence-electron chi connectivity index (χ2n) is 5.33. The van der Waals surface area contributed by atoms with Crippen molar-refractivity contribution in [1.82, 2.24) is 9.71 Å². The molecule has 1 aliphatic rings. The molecule has 0 saturated carbocycles. The van der Waals surface area contributed by atoms with Gasteiger partial charge < -0.3 is 9.47 Å². The number of nitrogens with zero attached hydrogens (tertiary/aromatic N) is 1. The quantitative estimate of drug-likeness (QED) is 0.788. The minimum Gasteiger partial charge on any atom is -0.454 e. The van der Waals surface area contributed by atoms with E-state index in [0.717, 1.165) is 10.9 Å². The molecule has 0 aliphatic carbocycles. The van der Waals surface area contributed by atoms with E-state index >= 15 is 0 Å². The number of nitrogens with one attached hydrogen (secondary N) is 1. The Morgan fingerprint density at radius 2 is 1.83 bits per heavy atom. The van der Waals surface area contributed by atoms with Crippen molar-refractivity contribution in [3.05, 3.63) is 60.3 Å². The van der Waals surface area contributed by atoms with Crippen molar-refractivity contribution in [2.45, 2.75) is 11.4 Å². The predicted octanol–water partition coefficient (Wildman–Crippen LogP) is 2.44. The van der Waals surface area contributed by atoms with Crippen molar-refractivity contribution in [2.75, 3.05) is 6.79 Å². The third-order valence-corrected chi connectivity index (χ3v) is 5.15. The molecule has 0 spiro atoms. The number of hydrogen-bond donors (Lipinski definition) is 1. The summed E-state index contributed by atoms with van der Waals surface area (Å²) in [5.74, 6) is 0.979. The van der Waals surface area contributed by atoms with E-state index in [1.807, 2.05) is 36.4 Å². The average molecular weight is 342 g/mol. The largest absolute Gasteiger partial charge is 0.454 e. The Balaban J connectivity index is 1.55. The SMILES string of the molecule is O=S(=O)(NCc1ccc2ccccc2n1)c1ccc2c(c1)OCO2. The van der Waals surface area contributed by atoms with E-state index in [1.54, 1.807) is 6.07 Å². The van der Waals surface area contributed by atoms with Gasteiger partial charge in [-0.05, 0) is 24.3 Å². The summed E-state index contributed by atoms with van der Waals surface area (Å²) in [4.78, 5) is 4.59. The van der Waals surface area contributed by atoms with Crippen LogP contribution in [0.15, 0.2) is 59.5 Å². The highest BCUT2D eigenvalue weighted by Crippen LogP contribution is 2.33. The van der Waals surface area contributed by atoms with Crippen molar-refractivity contribution < 1.29 is 17.9 Å². The molecule has 1 N–H and O–H groups in total. The Labute approximate surface area is 139 Å². The van der Waals surface area contributed by atoms with Crippen LogP contribution in [0.1, 0.15) is 5.69 Å². The molecule has 0 atom stereocenters. The Hall–Kier alpha value is -2.64. The molecule has 1 aliphatic heterocycles. The van der Waals surface area contributed by atoms with E-state index in [4.69, 9.17) is 9.47 Å². The van der Waals surface area contributed by atoms with Crippen molar-refractivity contribution in [1.29, 1.82) is 0 Å². The predicted molar refractivity (Wildman–Crippen MR) is 88.3 cm³/mol. The highest BCUT2D eigenvalue weighted by molar-refractivity contribution is 7.89. The minimum absolute atomic E-state index is 0.104. The lowest BCUT2D eigenvalue weighted by molar-refractivity contribution is 0.174. The summed E-state index contributed by atoms with van der Waals surface area (Å²) in [5.41, 5.74) is 1.48. The van der Waals surface area contributed by atoms with Crippen LogP contribution < -0.4 is 14.2 Å². The van der Waals surface area contributed by atoms with Crippen LogP contribution in [0, 0.1) is 0 Å². The number of pyridine rings is 1. The van der Waals surface area contributed by atoms with Gasteiger partial charge in [-0.1, -0.05) is 24.3 Å². The zero-order valence-electron chi connectivity index (χ0n) is 12.6. The average Bonchev–Trinajstić information content (AvgIpc) is 3.07. The maximum absolute atomic E-state index is 12.4. The van der Waals surface area contributed by atoms with Gasteiger partial charge in [0, 0.05) is 11.5 Å². The summed E-state index contributed by atoms with van der Waals surface area (Å²) in [7, 11) is -3.66. The van der Waals surface area contributed by atoms with Gasteiger partial charge in [0.1, 0.15) is 0 Å². The minimum atomic E-state index is -3.66. The third kappa shape index (κ3) is 2.79. The molecule has 2 aromatic carbocycles. The summed E-state index contributed by atoms with van der Waals surface area (Å²) in [6.07, 6.45) is 0. The van der Waals surface area contributed by atoms with Gasteiger partial charge in [0.2, 0.25) is 16.8 Å². The Bertz CT molecular complexity index is 1020. The number of fused-ring (bicyclic) bond motifs is 2. The van der Waals surface area contributed by atoms with Crippen LogP contribution in [-0.2, 0) is 16.6 Å². The first-order valence-electron chi connectivity index (χ1n) is 7.36. The summed E-state index contributed by atoms with van der Waals surface area (Å²) in [6.45, 7) is 0.217. The zero-order chi connectivity index (χ0) is 16.6. The van der Waals surface area contributed by atoms with Gasteiger partial charge in [0.05, 0.1) is 22.7 Å². The first kappa shape index (κ1) is 14.9. The lowest BCUT2D eigenvalue weighted by Crippen LogP contribution is -2.23. The van der Waals surface area contributed by atoms with Gasteiger partial charge in [-0.3, -0.25) is 4.98 Å². The maximum Gasteiger partial charge on any atom is 0.241 e. The van der Waals surface area contributed by atoms with E-state index in [9.17, 15) is 8.42 Å². The first-order chi connectivity index (χ1) is 11.6. The molecule has 3 aromatic rings. The van der Waals surface area contributed by atoms with Crippen LogP contribution in [0.2, 0.25) is 0 Å². The topological polar surface area (TPSA) is 77.5 Å².